The number of benzene rings is 1. The lowest BCUT2D eigenvalue weighted by molar-refractivity contribution is 0.414. The molecule has 5 rings (SSSR count). The van der Waals surface area contributed by atoms with E-state index in [1.54, 1.807) is 24.8 Å². The summed E-state index contributed by atoms with van der Waals surface area (Å²) < 4.78 is 1.85. The summed E-state index contributed by atoms with van der Waals surface area (Å²) in [5.74, 6) is 0.186. The first-order chi connectivity index (χ1) is 13.2. The highest BCUT2D eigenvalue weighted by Gasteiger charge is 2.33. The summed E-state index contributed by atoms with van der Waals surface area (Å²) in [6.45, 7) is 0. The van der Waals surface area contributed by atoms with Crippen LogP contribution in [0.4, 0.5) is 0 Å². The van der Waals surface area contributed by atoms with Crippen LogP contribution >= 0.6 is 11.8 Å². The minimum absolute atomic E-state index is 0.186. The fourth-order valence-corrected chi connectivity index (χ4v) is 5.32. The van der Waals surface area contributed by atoms with Crippen molar-refractivity contribution in [1.29, 1.82) is 0 Å². The summed E-state index contributed by atoms with van der Waals surface area (Å²) in [6, 6.07) is 6.88. The molecule has 3 atom stereocenters. The molecule has 2 aromatic heterocycles. The third-order valence-corrected chi connectivity index (χ3v) is 6.58. The highest BCUT2D eigenvalue weighted by molar-refractivity contribution is 7.99. The van der Waals surface area contributed by atoms with Crippen LogP contribution in [0.25, 0.3) is 16.9 Å². The second-order valence-corrected chi connectivity index (χ2v) is 8.58. The van der Waals surface area contributed by atoms with Gasteiger partial charge in [-0.2, -0.15) is 0 Å². The average Bonchev–Trinajstić information content (AvgIpc) is 3.32. The molecule has 2 bridgehead atoms. The van der Waals surface area contributed by atoms with Gasteiger partial charge in [0.1, 0.15) is 10.8 Å². The summed E-state index contributed by atoms with van der Waals surface area (Å²) in [5, 5.41) is 15.7. The number of aromatic nitrogens is 4. The van der Waals surface area contributed by atoms with E-state index < -0.39 is 0 Å². The van der Waals surface area contributed by atoms with Gasteiger partial charge in [0.25, 0.3) is 0 Å². The number of phenols is 1. The lowest BCUT2D eigenvalue weighted by atomic mass is 10.1. The van der Waals surface area contributed by atoms with E-state index in [0.29, 0.717) is 28.6 Å². The number of fused-ring (bicyclic) bond motifs is 2. The summed E-state index contributed by atoms with van der Waals surface area (Å²) in [7, 11) is 0. The number of phenolic OH excluding ortho intramolecular Hbond substituents is 1. The Morgan fingerprint density at radius 1 is 1.11 bits per heavy atom. The Morgan fingerprint density at radius 3 is 2.63 bits per heavy atom. The van der Waals surface area contributed by atoms with Gasteiger partial charge in [0.2, 0.25) is 0 Å². The van der Waals surface area contributed by atoms with Gasteiger partial charge in [-0.15, -0.1) is 11.8 Å². The van der Waals surface area contributed by atoms with Gasteiger partial charge in [-0.3, -0.25) is 4.98 Å². The highest BCUT2D eigenvalue weighted by Crippen LogP contribution is 2.37. The Bertz CT molecular complexity index is 916. The van der Waals surface area contributed by atoms with E-state index in [0.717, 1.165) is 10.7 Å². The molecule has 2 N–H and O–H groups in total. The number of nitrogens with one attached hydrogen (secondary N) is 1. The smallest absolute Gasteiger partial charge is 0.127 e. The van der Waals surface area contributed by atoms with Crippen molar-refractivity contribution in [3.05, 3.63) is 49.3 Å². The minimum atomic E-state index is 0.186. The maximum Gasteiger partial charge on any atom is 0.127 e. The van der Waals surface area contributed by atoms with Crippen molar-refractivity contribution in [2.24, 2.45) is 0 Å². The SMILES string of the molecule is Oc1cc(-n2ccnc2)ccc1-c1cnc(S[C@H]2C[C@H]3CC[C@@H](C2)N3)cn1. The normalized spacial score (nSPS) is 24.2. The van der Waals surface area contributed by atoms with E-state index in [1.807, 2.05) is 40.9 Å². The lowest BCUT2D eigenvalue weighted by Gasteiger charge is -2.28. The molecule has 0 spiro atoms. The Kier molecular flexibility index (Phi) is 4.33. The quantitative estimate of drug-likeness (QED) is 0.723. The molecular weight excluding hydrogens is 358 g/mol. The van der Waals surface area contributed by atoms with Crippen molar-refractivity contribution in [3.63, 3.8) is 0 Å². The van der Waals surface area contributed by atoms with Gasteiger partial charge in [0, 0.05) is 41.4 Å². The average molecular weight is 379 g/mol. The zero-order chi connectivity index (χ0) is 18.2. The Balaban J connectivity index is 1.31. The molecule has 2 fully saturated rings. The minimum Gasteiger partial charge on any atom is -0.507 e. The first kappa shape index (κ1) is 16.8. The zero-order valence-corrected chi connectivity index (χ0v) is 15.6. The van der Waals surface area contributed by atoms with E-state index >= 15 is 0 Å². The van der Waals surface area contributed by atoms with Crippen LogP contribution in [0.1, 0.15) is 25.7 Å². The molecule has 0 saturated carbocycles. The van der Waals surface area contributed by atoms with Gasteiger partial charge in [0.05, 0.1) is 30.1 Å². The molecule has 0 amide bonds. The molecule has 4 heterocycles. The number of hydrogen-bond donors (Lipinski definition) is 2. The number of piperidine rings is 1. The van der Waals surface area contributed by atoms with Crippen molar-refractivity contribution in [2.45, 2.75) is 48.0 Å². The van der Waals surface area contributed by atoms with E-state index in [2.05, 4.69) is 20.3 Å². The highest BCUT2D eigenvalue weighted by atomic mass is 32.2. The third-order valence-electron chi connectivity index (χ3n) is 5.41. The van der Waals surface area contributed by atoms with E-state index in [4.69, 9.17) is 0 Å². The van der Waals surface area contributed by atoms with E-state index in [-0.39, 0.29) is 5.75 Å². The van der Waals surface area contributed by atoms with Crippen LogP contribution in [0.2, 0.25) is 0 Å². The maximum atomic E-state index is 10.4. The summed E-state index contributed by atoms with van der Waals surface area (Å²) in [5.41, 5.74) is 2.22. The molecular formula is C20H21N5OS. The predicted octanol–water partition coefficient (Wildman–Crippen LogP) is 3.41. The van der Waals surface area contributed by atoms with Gasteiger partial charge in [-0.1, -0.05) is 0 Å². The molecule has 27 heavy (non-hydrogen) atoms. The molecule has 2 aliphatic rings. The van der Waals surface area contributed by atoms with Gasteiger partial charge >= 0.3 is 0 Å². The first-order valence-corrected chi connectivity index (χ1v) is 10.2. The lowest BCUT2D eigenvalue weighted by Crippen LogP contribution is -2.39. The van der Waals surface area contributed by atoms with Crippen molar-refractivity contribution in [3.8, 4) is 22.7 Å². The summed E-state index contributed by atoms with van der Waals surface area (Å²) >= 11 is 1.83. The summed E-state index contributed by atoms with van der Waals surface area (Å²) in [4.78, 5) is 13.2. The molecule has 138 valence electrons. The molecule has 0 radical (unpaired) electrons. The molecule has 0 unspecified atom stereocenters. The Hall–Kier alpha value is -2.38. The molecule has 2 aliphatic heterocycles. The second kappa shape index (κ2) is 6.98. The fourth-order valence-electron chi connectivity index (χ4n) is 4.10. The number of nitrogens with zero attached hydrogens (tertiary/aromatic N) is 4. The summed E-state index contributed by atoms with van der Waals surface area (Å²) in [6.07, 6.45) is 13.9. The standard InChI is InChI=1S/C20H21N5OS/c26-19-9-15(25-6-5-21-12-25)3-4-17(19)18-10-23-20(11-22-18)27-16-7-13-1-2-14(8-16)24-13/h3-6,9-14,16,24,26H,1-2,7-8H2/t13-,14+,16+. The van der Waals surface area contributed by atoms with Crippen LogP contribution in [-0.4, -0.2) is 42.0 Å². The number of aromatic hydroxyl groups is 1. The Morgan fingerprint density at radius 2 is 1.96 bits per heavy atom. The molecule has 6 nitrogen and oxygen atoms in total. The second-order valence-electron chi connectivity index (χ2n) is 7.26. The molecule has 3 aromatic rings. The van der Waals surface area contributed by atoms with Crippen LogP contribution in [0.15, 0.2) is 54.3 Å². The number of thioether (sulfide) groups is 1. The van der Waals surface area contributed by atoms with Crippen LogP contribution in [0, 0.1) is 0 Å². The van der Waals surface area contributed by atoms with Gasteiger partial charge < -0.3 is 15.0 Å². The molecule has 0 aliphatic carbocycles. The molecule has 7 heteroatoms. The first-order valence-electron chi connectivity index (χ1n) is 9.31. The van der Waals surface area contributed by atoms with Gasteiger partial charge in [-0.05, 0) is 37.8 Å². The van der Waals surface area contributed by atoms with Crippen LogP contribution < -0.4 is 5.32 Å². The van der Waals surface area contributed by atoms with Crippen LogP contribution in [0.3, 0.4) is 0 Å². The van der Waals surface area contributed by atoms with Crippen molar-refractivity contribution < 1.29 is 5.11 Å². The van der Waals surface area contributed by atoms with Gasteiger partial charge in [-0.25, -0.2) is 9.97 Å². The largest absolute Gasteiger partial charge is 0.507 e. The Labute approximate surface area is 162 Å². The zero-order valence-electron chi connectivity index (χ0n) is 14.8. The number of hydrogen-bond acceptors (Lipinski definition) is 6. The topological polar surface area (TPSA) is 75.9 Å². The molecule has 2 saturated heterocycles. The van der Waals surface area contributed by atoms with Crippen molar-refractivity contribution >= 4 is 11.8 Å². The number of rotatable bonds is 4. The van der Waals surface area contributed by atoms with E-state index in [9.17, 15) is 5.11 Å². The predicted molar refractivity (Wildman–Crippen MR) is 105 cm³/mol. The van der Waals surface area contributed by atoms with Crippen LogP contribution in [-0.2, 0) is 0 Å². The maximum absolute atomic E-state index is 10.4. The van der Waals surface area contributed by atoms with E-state index in [1.165, 1.54) is 25.7 Å². The molecule has 1 aromatic carbocycles. The van der Waals surface area contributed by atoms with Gasteiger partial charge in [0.15, 0.2) is 0 Å². The monoisotopic (exact) mass is 379 g/mol. The fraction of sp³-hybridized carbons (Fsp3) is 0.350. The van der Waals surface area contributed by atoms with Crippen LogP contribution in [0.5, 0.6) is 5.75 Å². The third kappa shape index (κ3) is 3.44. The van der Waals surface area contributed by atoms with Crippen molar-refractivity contribution in [2.75, 3.05) is 0 Å². The number of imidazole rings is 1. The van der Waals surface area contributed by atoms with Crippen molar-refractivity contribution in [1.82, 2.24) is 24.8 Å².